The molecule has 0 aliphatic rings. The van der Waals surface area contributed by atoms with Gasteiger partial charge in [0.15, 0.2) is 0 Å². The van der Waals surface area contributed by atoms with Crippen LogP contribution in [0.1, 0.15) is 18.2 Å². The number of aromatic nitrogens is 2. The van der Waals surface area contributed by atoms with Crippen molar-refractivity contribution in [3.05, 3.63) is 47.5 Å². The van der Waals surface area contributed by atoms with Gasteiger partial charge in [0.2, 0.25) is 0 Å². The van der Waals surface area contributed by atoms with Gasteiger partial charge in [-0.1, -0.05) is 6.07 Å². The number of aryl methyl sites for hydroxylation is 2. The Morgan fingerprint density at radius 2 is 2.24 bits per heavy atom. The van der Waals surface area contributed by atoms with Crippen molar-refractivity contribution in [2.75, 3.05) is 5.32 Å². The molecule has 0 unspecified atom stereocenters. The highest BCUT2D eigenvalue weighted by molar-refractivity contribution is 5.43. The van der Waals surface area contributed by atoms with Crippen molar-refractivity contribution in [2.24, 2.45) is 0 Å². The maximum Gasteiger partial charge on any atom is 0.125 e. The molecule has 0 saturated carbocycles. The molecule has 0 aliphatic carbocycles. The van der Waals surface area contributed by atoms with E-state index in [1.54, 1.807) is 6.07 Å². The van der Waals surface area contributed by atoms with Gasteiger partial charge in [-0.25, -0.2) is 4.39 Å². The lowest BCUT2D eigenvalue weighted by Gasteiger charge is -2.05. The van der Waals surface area contributed by atoms with Crippen LogP contribution in [0.3, 0.4) is 0 Å². The van der Waals surface area contributed by atoms with E-state index in [-0.39, 0.29) is 5.82 Å². The molecule has 1 heterocycles. The summed E-state index contributed by atoms with van der Waals surface area (Å²) in [5, 5.41) is 7.55. The van der Waals surface area contributed by atoms with Gasteiger partial charge in [0.25, 0.3) is 0 Å². The van der Waals surface area contributed by atoms with Gasteiger partial charge >= 0.3 is 0 Å². The molecule has 2 aromatic rings. The van der Waals surface area contributed by atoms with E-state index in [9.17, 15) is 4.39 Å². The summed E-state index contributed by atoms with van der Waals surface area (Å²) in [5.41, 5.74) is 2.93. The Hall–Kier alpha value is -1.84. The molecule has 17 heavy (non-hydrogen) atoms. The third-order valence-corrected chi connectivity index (χ3v) is 2.68. The fraction of sp³-hybridized carbons (Fsp3) is 0.308. The topological polar surface area (TPSA) is 29.9 Å². The lowest BCUT2D eigenvalue weighted by Crippen LogP contribution is -2.00. The zero-order valence-electron chi connectivity index (χ0n) is 10.1. The molecule has 0 aliphatic heterocycles. The first-order valence-electron chi connectivity index (χ1n) is 5.71. The number of rotatable bonds is 4. The van der Waals surface area contributed by atoms with Crippen LogP contribution in [0.2, 0.25) is 0 Å². The summed E-state index contributed by atoms with van der Waals surface area (Å²) < 4.78 is 14.9. The minimum Gasteiger partial charge on any atom is -0.381 e. The first-order valence-corrected chi connectivity index (χ1v) is 5.71. The smallest absolute Gasteiger partial charge is 0.125 e. The van der Waals surface area contributed by atoms with Crippen molar-refractivity contribution in [3.63, 3.8) is 0 Å². The molecule has 1 aromatic heterocycles. The second-order valence-corrected chi connectivity index (χ2v) is 3.96. The van der Waals surface area contributed by atoms with Crippen molar-refractivity contribution < 1.29 is 4.39 Å². The highest BCUT2D eigenvalue weighted by Gasteiger charge is 2.03. The van der Waals surface area contributed by atoms with E-state index in [0.29, 0.717) is 6.54 Å². The van der Waals surface area contributed by atoms with E-state index in [2.05, 4.69) is 17.3 Å². The third-order valence-electron chi connectivity index (χ3n) is 2.68. The van der Waals surface area contributed by atoms with E-state index in [1.165, 1.54) is 12.1 Å². The molecule has 90 valence electrons. The lowest BCUT2D eigenvalue weighted by atomic mass is 10.2. The van der Waals surface area contributed by atoms with E-state index in [4.69, 9.17) is 0 Å². The molecule has 0 radical (unpaired) electrons. The summed E-state index contributed by atoms with van der Waals surface area (Å²) in [6.07, 6.45) is 2.02. The molecule has 0 atom stereocenters. The van der Waals surface area contributed by atoms with Crippen molar-refractivity contribution in [1.29, 1.82) is 0 Å². The van der Waals surface area contributed by atoms with Gasteiger partial charge in [0.1, 0.15) is 5.82 Å². The molecule has 4 heteroatoms. The second kappa shape index (κ2) is 4.99. The largest absolute Gasteiger partial charge is 0.381 e. The van der Waals surface area contributed by atoms with Crippen molar-refractivity contribution in [2.45, 2.75) is 26.9 Å². The zero-order valence-corrected chi connectivity index (χ0v) is 10.1. The van der Waals surface area contributed by atoms with Crippen LogP contribution in [0.5, 0.6) is 0 Å². The van der Waals surface area contributed by atoms with Gasteiger partial charge in [-0.15, -0.1) is 0 Å². The Morgan fingerprint density at radius 1 is 1.41 bits per heavy atom. The van der Waals surface area contributed by atoms with Crippen molar-refractivity contribution in [1.82, 2.24) is 9.78 Å². The number of nitrogens with one attached hydrogen (secondary N) is 1. The average molecular weight is 233 g/mol. The van der Waals surface area contributed by atoms with Crippen LogP contribution in [-0.4, -0.2) is 9.78 Å². The van der Waals surface area contributed by atoms with Crippen LogP contribution >= 0.6 is 0 Å². The van der Waals surface area contributed by atoms with Crippen molar-refractivity contribution in [3.8, 4) is 0 Å². The predicted molar refractivity (Wildman–Crippen MR) is 66.4 cm³/mol. The molecule has 1 N–H and O–H groups in total. The monoisotopic (exact) mass is 233 g/mol. The highest BCUT2D eigenvalue weighted by atomic mass is 19.1. The standard InChI is InChI=1S/C13H16FN3/c1-3-17-9-11(10(2)16-17)8-15-13-6-4-5-12(14)7-13/h4-7,9,15H,3,8H2,1-2H3. The molecule has 0 fully saturated rings. The minimum absolute atomic E-state index is 0.226. The molecule has 0 amide bonds. The van der Waals surface area contributed by atoms with Crippen LogP contribution in [0, 0.1) is 12.7 Å². The normalized spacial score (nSPS) is 10.5. The zero-order chi connectivity index (χ0) is 12.3. The van der Waals surface area contributed by atoms with E-state index >= 15 is 0 Å². The molecule has 3 nitrogen and oxygen atoms in total. The Labute approximate surface area is 100 Å². The number of hydrogen-bond donors (Lipinski definition) is 1. The number of anilines is 1. The number of benzene rings is 1. The number of nitrogens with zero attached hydrogens (tertiary/aromatic N) is 2. The first kappa shape index (κ1) is 11.6. The Kier molecular flexibility index (Phi) is 3.42. The Balaban J connectivity index is 2.04. The maximum absolute atomic E-state index is 13.0. The van der Waals surface area contributed by atoms with Gasteiger partial charge in [0, 0.05) is 30.5 Å². The first-order chi connectivity index (χ1) is 8.19. The summed E-state index contributed by atoms with van der Waals surface area (Å²) in [6.45, 7) is 5.56. The molecule has 1 aromatic carbocycles. The molecular weight excluding hydrogens is 217 g/mol. The van der Waals surface area contributed by atoms with Crippen molar-refractivity contribution >= 4 is 5.69 Å². The van der Waals surface area contributed by atoms with Crippen LogP contribution in [-0.2, 0) is 13.1 Å². The van der Waals surface area contributed by atoms with Gasteiger partial charge < -0.3 is 5.32 Å². The Bertz CT molecular complexity index is 505. The maximum atomic E-state index is 13.0. The number of halogens is 1. The third kappa shape index (κ3) is 2.84. The summed E-state index contributed by atoms with van der Waals surface area (Å²) in [4.78, 5) is 0. The fourth-order valence-corrected chi connectivity index (χ4v) is 1.69. The summed E-state index contributed by atoms with van der Waals surface area (Å²) >= 11 is 0. The predicted octanol–water partition coefficient (Wildman–Crippen LogP) is 2.96. The summed E-state index contributed by atoms with van der Waals surface area (Å²) in [7, 11) is 0. The van der Waals surface area contributed by atoms with E-state index < -0.39 is 0 Å². The number of hydrogen-bond acceptors (Lipinski definition) is 2. The van der Waals surface area contributed by atoms with Crippen LogP contribution < -0.4 is 5.32 Å². The SMILES string of the molecule is CCn1cc(CNc2cccc(F)c2)c(C)n1. The lowest BCUT2D eigenvalue weighted by molar-refractivity contribution is 0.628. The quantitative estimate of drug-likeness (QED) is 0.879. The molecule has 0 bridgehead atoms. The van der Waals surface area contributed by atoms with E-state index in [0.717, 1.165) is 23.5 Å². The fourth-order valence-electron chi connectivity index (χ4n) is 1.69. The molecule has 0 saturated heterocycles. The van der Waals surface area contributed by atoms with Gasteiger partial charge in [-0.3, -0.25) is 4.68 Å². The minimum atomic E-state index is -0.226. The van der Waals surface area contributed by atoms with Crippen LogP contribution in [0.25, 0.3) is 0 Å². The van der Waals surface area contributed by atoms with Gasteiger partial charge in [-0.2, -0.15) is 5.10 Å². The second-order valence-electron chi connectivity index (χ2n) is 3.96. The molecular formula is C13H16FN3. The van der Waals surface area contributed by atoms with Crippen LogP contribution in [0.15, 0.2) is 30.5 Å². The molecule has 2 rings (SSSR count). The van der Waals surface area contributed by atoms with Crippen LogP contribution in [0.4, 0.5) is 10.1 Å². The molecule has 0 spiro atoms. The summed E-state index contributed by atoms with van der Waals surface area (Å²) in [6, 6.07) is 6.47. The van der Waals surface area contributed by atoms with Gasteiger partial charge in [-0.05, 0) is 32.0 Å². The Morgan fingerprint density at radius 3 is 2.88 bits per heavy atom. The summed E-state index contributed by atoms with van der Waals surface area (Å²) in [5.74, 6) is -0.226. The van der Waals surface area contributed by atoms with E-state index in [1.807, 2.05) is 23.9 Å². The highest BCUT2D eigenvalue weighted by Crippen LogP contribution is 2.12. The average Bonchev–Trinajstić information content (AvgIpc) is 2.68. The van der Waals surface area contributed by atoms with Gasteiger partial charge in [0.05, 0.1) is 5.69 Å².